The number of hydrogen-bond donors (Lipinski definition) is 3. The average Bonchev–Trinajstić information content (AvgIpc) is 2.83. The number of benzene rings is 2. The fourth-order valence-electron chi connectivity index (χ4n) is 3.16. The smallest absolute Gasteiger partial charge is 0.204 e. The van der Waals surface area contributed by atoms with Gasteiger partial charge in [-0.25, -0.2) is 4.39 Å². The molecule has 0 saturated carbocycles. The molecule has 194 valence electrons. The molecule has 4 N–H and O–H groups in total. The van der Waals surface area contributed by atoms with Crippen molar-refractivity contribution in [3.05, 3.63) is 54.4 Å². The van der Waals surface area contributed by atoms with Crippen molar-refractivity contribution >= 4 is 35.4 Å². The number of hydrogen-bond acceptors (Lipinski definition) is 7. The highest BCUT2D eigenvalue weighted by molar-refractivity contribution is 5.83. The summed E-state index contributed by atoms with van der Waals surface area (Å²) < 4.78 is 25.4. The van der Waals surface area contributed by atoms with Gasteiger partial charge in [0.2, 0.25) is 6.41 Å². The van der Waals surface area contributed by atoms with Gasteiger partial charge in [0.25, 0.3) is 0 Å². The van der Waals surface area contributed by atoms with E-state index in [1.54, 1.807) is 26.3 Å². The lowest BCUT2D eigenvalue weighted by molar-refractivity contribution is -0.106. The van der Waals surface area contributed by atoms with E-state index in [4.69, 9.17) is 19.5 Å². The van der Waals surface area contributed by atoms with Gasteiger partial charge in [0.15, 0.2) is 0 Å². The predicted molar refractivity (Wildman–Crippen MR) is 144 cm³/mol. The molecule has 0 aliphatic heterocycles. The van der Waals surface area contributed by atoms with Crippen LogP contribution in [-0.2, 0) is 9.53 Å². The minimum Gasteiger partial charge on any atom is -0.491 e. The summed E-state index contributed by atoms with van der Waals surface area (Å²) in [6, 6.07) is 13.0. The second-order valence-corrected chi connectivity index (χ2v) is 8.37. The quantitative estimate of drug-likeness (QED) is 0.191. The molecule has 2 aromatic carbocycles. The maximum atomic E-state index is 14.9. The van der Waals surface area contributed by atoms with Crippen LogP contribution in [0.25, 0.3) is 5.70 Å². The molecule has 0 unspecified atom stereocenters. The second-order valence-electron chi connectivity index (χ2n) is 8.37. The number of nitrogens with one attached hydrogen (secondary N) is 2. The number of methoxy groups -OCH3 is 1. The number of nitrogens with two attached hydrogens (primary N) is 1. The summed E-state index contributed by atoms with van der Waals surface area (Å²) >= 11 is 0. The van der Waals surface area contributed by atoms with Crippen molar-refractivity contribution in [2.24, 2.45) is 16.1 Å². The molecule has 1 amide bonds. The van der Waals surface area contributed by atoms with Gasteiger partial charge >= 0.3 is 0 Å². The zero-order valence-corrected chi connectivity index (χ0v) is 21.4. The van der Waals surface area contributed by atoms with Crippen LogP contribution in [0.1, 0.15) is 39.2 Å². The highest BCUT2D eigenvalue weighted by Gasteiger charge is 2.16. The first kappa shape index (κ1) is 30.1. The Morgan fingerprint density at radius 3 is 2.47 bits per heavy atom. The number of amides is 1. The van der Waals surface area contributed by atoms with Gasteiger partial charge in [0.1, 0.15) is 18.2 Å². The Balaban J connectivity index is 0.00000205. The molecule has 0 spiro atoms. The van der Waals surface area contributed by atoms with Crippen LogP contribution in [0.2, 0.25) is 0 Å². The summed E-state index contributed by atoms with van der Waals surface area (Å²) in [7, 11) is 1.58. The molecule has 0 fully saturated rings. The second kappa shape index (κ2) is 15.9. The number of anilines is 2. The highest BCUT2D eigenvalue weighted by atomic mass is 19.1. The highest BCUT2D eigenvalue weighted by Crippen LogP contribution is 2.33. The van der Waals surface area contributed by atoms with E-state index >= 15 is 0 Å². The van der Waals surface area contributed by atoms with Gasteiger partial charge in [-0.05, 0) is 57.9 Å². The summed E-state index contributed by atoms with van der Waals surface area (Å²) in [5.74, 6) is -0.0862. The molecular formula is C27H36FN5O3. The van der Waals surface area contributed by atoms with Crippen molar-refractivity contribution in [2.45, 2.75) is 33.6 Å². The molecule has 0 bridgehead atoms. The Hall–Kier alpha value is -3.90. The Kier molecular flexibility index (Phi) is 13.3. The van der Waals surface area contributed by atoms with Crippen molar-refractivity contribution in [1.29, 1.82) is 5.26 Å². The van der Waals surface area contributed by atoms with E-state index in [9.17, 15) is 4.39 Å². The van der Waals surface area contributed by atoms with Gasteiger partial charge in [0.05, 0.1) is 29.3 Å². The summed E-state index contributed by atoms with van der Waals surface area (Å²) in [5.41, 5.74) is 6.73. The fourth-order valence-corrected chi connectivity index (χ4v) is 3.16. The Morgan fingerprint density at radius 2 is 1.89 bits per heavy atom. The molecule has 0 radical (unpaired) electrons. The van der Waals surface area contributed by atoms with Crippen LogP contribution in [0, 0.1) is 22.6 Å². The molecule has 0 atom stereocenters. The molecule has 36 heavy (non-hydrogen) atoms. The topological polar surface area (TPSA) is 122 Å². The van der Waals surface area contributed by atoms with Crippen molar-refractivity contribution in [1.82, 2.24) is 0 Å². The number of ether oxygens (including phenoxy) is 2. The first-order chi connectivity index (χ1) is 17.2. The summed E-state index contributed by atoms with van der Waals surface area (Å²) in [6.07, 6.45) is 3.59. The molecule has 8 nitrogen and oxygen atoms in total. The molecule has 2 aromatic rings. The van der Waals surface area contributed by atoms with Gasteiger partial charge in [-0.2, -0.15) is 5.26 Å². The number of nitrogens with zero attached hydrogens (tertiary/aromatic N) is 2. The minimum atomic E-state index is -0.471. The lowest BCUT2D eigenvalue weighted by atomic mass is 9.90. The molecule has 0 aromatic heterocycles. The van der Waals surface area contributed by atoms with Crippen molar-refractivity contribution < 1.29 is 18.7 Å². The number of carbonyl (C=O) groups excluding carboxylic acids is 1. The lowest BCUT2D eigenvalue weighted by Gasteiger charge is -2.16. The van der Waals surface area contributed by atoms with Gasteiger partial charge in [-0.3, -0.25) is 9.79 Å². The standard InChI is InChI=1S/C26H33FN4O2.CH3NO/c1-6-29-24-17-22(33-15-14-32-5)16-23(27)25(24)19(2)31-21-10-8-20(9-11-21)30-13-7-12-26(3,4)18-28;2-1-3/h6,8-11,16-17,30-31H,2,7,12-15H2,1,3-5H3;1H,(H2,2,3). The van der Waals surface area contributed by atoms with Gasteiger partial charge in [0, 0.05) is 49.1 Å². The Morgan fingerprint density at radius 1 is 1.25 bits per heavy atom. The number of rotatable bonds is 13. The first-order valence-electron chi connectivity index (χ1n) is 11.5. The predicted octanol–water partition coefficient (Wildman–Crippen LogP) is 5.50. The molecule has 9 heteroatoms. The number of carbonyl (C=O) groups is 1. The Labute approximate surface area is 213 Å². The number of aliphatic imine (C=N–C) groups is 1. The third kappa shape index (κ3) is 10.6. The van der Waals surface area contributed by atoms with Gasteiger partial charge in [-0.15, -0.1) is 0 Å². The zero-order chi connectivity index (χ0) is 27.0. The minimum absolute atomic E-state index is 0.250. The van der Waals surface area contributed by atoms with E-state index in [0.717, 1.165) is 30.8 Å². The van der Waals surface area contributed by atoms with Crippen LogP contribution in [0.4, 0.5) is 21.5 Å². The van der Waals surface area contributed by atoms with Crippen molar-refractivity contribution in [3.63, 3.8) is 0 Å². The van der Waals surface area contributed by atoms with E-state index in [1.807, 2.05) is 38.1 Å². The van der Waals surface area contributed by atoms with E-state index in [0.29, 0.717) is 30.3 Å². The van der Waals surface area contributed by atoms with E-state index in [2.05, 4.69) is 34.0 Å². The van der Waals surface area contributed by atoms with Crippen LogP contribution in [0.5, 0.6) is 5.75 Å². The SMILES string of the molecule is C=C(Nc1ccc(NCCCC(C)(C)C#N)cc1)c1c(F)cc(OCCOC)cc1N=CC.NC=O. The van der Waals surface area contributed by atoms with Crippen LogP contribution in [0.3, 0.4) is 0 Å². The number of primary amides is 1. The molecule has 0 saturated heterocycles. The molecular weight excluding hydrogens is 461 g/mol. The maximum absolute atomic E-state index is 14.9. The number of nitriles is 1. The van der Waals surface area contributed by atoms with Crippen LogP contribution in [-0.4, -0.2) is 39.5 Å². The lowest BCUT2D eigenvalue weighted by Crippen LogP contribution is -2.11. The number of halogens is 1. The summed E-state index contributed by atoms with van der Waals surface area (Å²) in [4.78, 5) is 12.9. The zero-order valence-electron chi connectivity index (χ0n) is 21.4. The first-order valence-corrected chi connectivity index (χ1v) is 11.5. The van der Waals surface area contributed by atoms with Crippen LogP contribution >= 0.6 is 0 Å². The normalized spacial score (nSPS) is 10.7. The summed E-state index contributed by atoms with van der Waals surface area (Å²) in [6.45, 7) is 11.2. The molecule has 0 aliphatic carbocycles. The average molecular weight is 498 g/mol. The molecule has 0 heterocycles. The van der Waals surface area contributed by atoms with E-state index in [1.165, 1.54) is 6.07 Å². The van der Waals surface area contributed by atoms with Crippen molar-refractivity contribution in [3.8, 4) is 11.8 Å². The third-order valence-corrected chi connectivity index (χ3v) is 4.96. The third-order valence-electron chi connectivity index (χ3n) is 4.96. The maximum Gasteiger partial charge on any atom is 0.204 e. The van der Waals surface area contributed by atoms with Crippen molar-refractivity contribution in [2.75, 3.05) is 37.5 Å². The largest absolute Gasteiger partial charge is 0.491 e. The molecule has 0 aliphatic rings. The van der Waals surface area contributed by atoms with Crippen LogP contribution in [0.15, 0.2) is 48.0 Å². The van der Waals surface area contributed by atoms with Gasteiger partial charge in [-0.1, -0.05) is 6.58 Å². The molecule has 2 rings (SSSR count). The fraction of sp³-hybridized carbons (Fsp3) is 0.370. The summed E-state index contributed by atoms with van der Waals surface area (Å²) in [5, 5.41) is 15.6. The van der Waals surface area contributed by atoms with Crippen LogP contribution < -0.4 is 21.1 Å². The van der Waals surface area contributed by atoms with E-state index < -0.39 is 5.82 Å². The van der Waals surface area contributed by atoms with Gasteiger partial charge < -0.3 is 25.8 Å². The van der Waals surface area contributed by atoms with E-state index in [-0.39, 0.29) is 17.4 Å². The Bertz CT molecular complexity index is 1050. The monoisotopic (exact) mass is 497 g/mol.